The smallest absolute Gasteiger partial charge is 0.218 e. The van der Waals surface area contributed by atoms with E-state index in [1.54, 1.807) is 35.7 Å². The largest absolute Gasteiger partial charge is 0.497 e. The fourth-order valence-electron chi connectivity index (χ4n) is 3.21. The van der Waals surface area contributed by atoms with E-state index in [-0.39, 0.29) is 11.8 Å². The zero-order chi connectivity index (χ0) is 18.7. The minimum absolute atomic E-state index is 0.0140. The molecule has 1 unspecified atom stereocenters. The van der Waals surface area contributed by atoms with E-state index in [4.69, 9.17) is 16.3 Å². The topological polar surface area (TPSA) is 49.9 Å². The molecule has 0 saturated carbocycles. The molecule has 2 aromatic rings. The highest BCUT2D eigenvalue weighted by Gasteiger charge is 2.33. The van der Waals surface area contributed by atoms with E-state index >= 15 is 0 Å². The van der Waals surface area contributed by atoms with Crippen LogP contribution in [0.1, 0.15) is 17.2 Å². The first kappa shape index (κ1) is 19.2. The highest BCUT2D eigenvalue weighted by molar-refractivity contribution is 7.88. The number of benzene rings is 2. The van der Waals surface area contributed by atoms with Crippen molar-refractivity contribution in [1.29, 1.82) is 0 Å². The van der Waals surface area contributed by atoms with Gasteiger partial charge in [-0.05, 0) is 36.4 Å². The fourth-order valence-corrected chi connectivity index (χ4v) is 5.05. The summed E-state index contributed by atoms with van der Waals surface area (Å²) in [6.07, 6.45) is 0. The zero-order valence-corrected chi connectivity index (χ0v) is 16.5. The van der Waals surface area contributed by atoms with Gasteiger partial charge in [-0.25, -0.2) is 8.42 Å². The monoisotopic (exact) mass is 394 g/mol. The van der Waals surface area contributed by atoms with Gasteiger partial charge in [0.2, 0.25) is 10.0 Å². The van der Waals surface area contributed by atoms with Crippen LogP contribution in [-0.4, -0.2) is 51.4 Å². The lowest BCUT2D eigenvalue weighted by Gasteiger charge is -2.39. The summed E-state index contributed by atoms with van der Waals surface area (Å²) in [5.41, 5.74) is 1.68. The van der Waals surface area contributed by atoms with E-state index < -0.39 is 10.0 Å². The first-order chi connectivity index (χ1) is 12.4. The second-order valence-electron chi connectivity index (χ2n) is 6.48. The van der Waals surface area contributed by atoms with E-state index in [0.29, 0.717) is 30.2 Å². The summed E-state index contributed by atoms with van der Waals surface area (Å²) in [6.45, 7) is 1.56. The highest BCUT2D eigenvalue weighted by atomic mass is 35.5. The van der Waals surface area contributed by atoms with Crippen molar-refractivity contribution in [3.63, 3.8) is 0 Å². The SMILES string of the molecule is COc1cccc(C2CN(S(=O)(=O)Cc3ccccc3Cl)CCN2C)c1. The molecule has 1 saturated heterocycles. The number of ether oxygens (including phenoxy) is 1. The Balaban J connectivity index is 1.81. The molecular formula is C19H23ClN2O3S. The number of sulfonamides is 1. The molecule has 0 bridgehead atoms. The normalized spacial score (nSPS) is 19.4. The molecule has 1 fully saturated rings. The third-order valence-electron chi connectivity index (χ3n) is 4.78. The maximum Gasteiger partial charge on any atom is 0.218 e. The molecule has 0 spiro atoms. The number of nitrogens with zero attached hydrogens (tertiary/aromatic N) is 2. The number of piperazine rings is 1. The second kappa shape index (κ2) is 7.96. The van der Waals surface area contributed by atoms with Crippen LogP contribution < -0.4 is 4.74 Å². The molecule has 1 atom stereocenters. The Labute approximate surface area is 160 Å². The van der Waals surface area contributed by atoms with Crippen LogP contribution in [0.15, 0.2) is 48.5 Å². The molecule has 7 heteroatoms. The van der Waals surface area contributed by atoms with Crippen LogP contribution >= 0.6 is 11.6 Å². The second-order valence-corrected chi connectivity index (χ2v) is 8.85. The third kappa shape index (κ3) is 4.20. The van der Waals surface area contributed by atoms with Crippen molar-refractivity contribution in [2.24, 2.45) is 0 Å². The van der Waals surface area contributed by atoms with E-state index in [2.05, 4.69) is 4.90 Å². The average molecular weight is 395 g/mol. The summed E-state index contributed by atoms with van der Waals surface area (Å²) in [5, 5.41) is 0.481. The van der Waals surface area contributed by atoms with Gasteiger partial charge in [-0.2, -0.15) is 4.31 Å². The standard InChI is InChI=1S/C19H23ClN2O3S/c1-21-10-11-22(13-19(21)15-7-5-8-17(12-15)25-2)26(23,24)14-16-6-3-4-9-18(16)20/h3-9,12,19H,10-11,13-14H2,1-2H3. The van der Waals surface area contributed by atoms with Gasteiger partial charge in [0.25, 0.3) is 0 Å². The highest BCUT2D eigenvalue weighted by Crippen LogP contribution is 2.29. The van der Waals surface area contributed by atoms with Gasteiger partial charge in [0.15, 0.2) is 0 Å². The molecule has 5 nitrogen and oxygen atoms in total. The first-order valence-corrected chi connectivity index (χ1v) is 10.4. The lowest BCUT2D eigenvalue weighted by atomic mass is 10.0. The molecule has 26 heavy (non-hydrogen) atoms. The van der Waals surface area contributed by atoms with Gasteiger partial charge >= 0.3 is 0 Å². The van der Waals surface area contributed by atoms with Gasteiger partial charge in [0, 0.05) is 30.7 Å². The van der Waals surface area contributed by atoms with Crippen molar-refractivity contribution in [3.05, 3.63) is 64.7 Å². The van der Waals surface area contributed by atoms with Crippen LogP contribution in [0.3, 0.4) is 0 Å². The fraction of sp³-hybridized carbons (Fsp3) is 0.368. The van der Waals surface area contributed by atoms with Gasteiger partial charge in [-0.15, -0.1) is 0 Å². The minimum atomic E-state index is -3.45. The molecule has 2 aromatic carbocycles. The Morgan fingerprint density at radius 2 is 1.92 bits per heavy atom. The number of methoxy groups -OCH3 is 1. The molecule has 0 radical (unpaired) electrons. The van der Waals surface area contributed by atoms with Gasteiger partial charge in [-0.1, -0.05) is 41.9 Å². The number of likely N-dealkylation sites (N-methyl/N-ethyl adjacent to an activating group) is 1. The Morgan fingerprint density at radius 3 is 2.65 bits per heavy atom. The third-order valence-corrected chi connectivity index (χ3v) is 6.94. The van der Waals surface area contributed by atoms with E-state index in [9.17, 15) is 8.42 Å². The molecule has 0 N–H and O–H groups in total. The quantitative estimate of drug-likeness (QED) is 0.781. The summed E-state index contributed by atoms with van der Waals surface area (Å²) in [4.78, 5) is 2.18. The summed E-state index contributed by atoms with van der Waals surface area (Å²) >= 11 is 6.15. The minimum Gasteiger partial charge on any atom is -0.497 e. The van der Waals surface area contributed by atoms with Crippen molar-refractivity contribution < 1.29 is 13.2 Å². The van der Waals surface area contributed by atoms with Crippen LogP contribution in [-0.2, 0) is 15.8 Å². The van der Waals surface area contributed by atoms with E-state index in [1.165, 1.54) is 0 Å². The van der Waals surface area contributed by atoms with Crippen molar-refractivity contribution in [1.82, 2.24) is 9.21 Å². The van der Waals surface area contributed by atoms with Crippen molar-refractivity contribution in [2.75, 3.05) is 33.8 Å². The van der Waals surface area contributed by atoms with Crippen LogP contribution in [0.5, 0.6) is 5.75 Å². The maximum atomic E-state index is 12.9. The van der Waals surface area contributed by atoms with Crippen molar-refractivity contribution in [2.45, 2.75) is 11.8 Å². The summed E-state index contributed by atoms with van der Waals surface area (Å²) < 4.78 is 32.7. The number of hydrogen-bond acceptors (Lipinski definition) is 4. The zero-order valence-electron chi connectivity index (χ0n) is 14.9. The maximum absolute atomic E-state index is 12.9. The van der Waals surface area contributed by atoms with E-state index in [1.807, 2.05) is 31.3 Å². The summed E-state index contributed by atoms with van der Waals surface area (Å²) in [7, 11) is 0.197. The lowest BCUT2D eigenvalue weighted by molar-refractivity contribution is 0.148. The van der Waals surface area contributed by atoms with Crippen LogP contribution in [0, 0.1) is 0 Å². The molecule has 0 aromatic heterocycles. The Hall–Kier alpha value is -1.60. The molecule has 140 valence electrons. The Bertz CT molecular complexity index is 873. The molecule has 1 heterocycles. The first-order valence-electron chi connectivity index (χ1n) is 8.46. The van der Waals surface area contributed by atoms with Crippen LogP contribution in [0.4, 0.5) is 0 Å². The Morgan fingerprint density at radius 1 is 1.15 bits per heavy atom. The van der Waals surface area contributed by atoms with Crippen molar-refractivity contribution >= 4 is 21.6 Å². The lowest BCUT2D eigenvalue weighted by Crippen LogP contribution is -2.49. The van der Waals surface area contributed by atoms with Crippen molar-refractivity contribution in [3.8, 4) is 5.75 Å². The van der Waals surface area contributed by atoms with Gasteiger partial charge in [0.05, 0.1) is 12.9 Å². The van der Waals surface area contributed by atoms with Gasteiger partial charge in [-0.3, -0.25) is 4.90 Å². The number of rotatable bonds is 5. The van der Waals surface area contributed by atoms with Gasteiger partial charge < -0.3 is 4.74 Å². The molecule has 1 aliphatic rings. The number of hydrogen-bond donors (Lipinski definition) is 0. The average Bonchev–Trinajstić information content (AvgIpc) is 2.63. The molecule has 0 aliphatic carbocycles. The predicted molar refractivity (Wildman–Crippen MR) is 104 cm³/mol. The number of halogens is 1. The van der Waals surface area contributed by atoms with Crippen LogP contribution in [0.2, 0.25) is 5.02 Å². The van der Waals surface area contributed by atoms with Gasteiger partial charge in [0.1, 0.15) is 5.75 Å². The predicted octanol–water partition coefficient (Wildman–Crippen LogP) is 3.17. The molecule has 1 aliphatic heterocycles. The Kier molecular flexibility index (Phi) is 5.87. The van der Waals surface area contributed by atoms with Crippen LogP contribution in [0.25, 0.3) is 0 Å². The molecule has 3 rings (SSSR count). The van der Waals surface area contributed by atoms with E-state index in [0.717, 1.165) is 11.3 Å². The molecular weight excluding hydrogens is 372 g/mol. The summed E-state index contributed by atoms with van der Waals surface area (Å²) in [6, 6.07) is 14.9. The molecule has 0 amide bonds. The summed E-state index contributed by atoms with van der Waals surface area (Å²) in [5.74, 6) is 0.688.